The Bertz CT molecular complexity index is 345. The zero-order valence-electron chi connectivity index (χ0n) is 10.9. The molecule has 0 aliphatic carbocycles. The first kappa shape index (κ1) is 12.4. The van der Waals surface area contributed by atoms with Crippen molar-refractivity contribution >= 4 is 5.69 Å². The fourth-order valence-corrected chi connectivity index (χ4v) is 2.38. The average molecular weight is 233 g/mol. The van der Waals surface area contributed by atoms with E-state index < -0.39 is 0 Å². The number of anilines is 1. The molecule has 3 nitrogen and oxygen atoms in total. The van der Waals surface area contributed by atoms with E-state index in [1.807, 2.05) is 19.2 Å². The van der Waals surface area contributed by atoms with Crippen molar-refractivity contribution in [3.8, 4) is 0 Å². The van der Waals surface area contributed by atoms with Gasteiger partial charge in [0.1, 0.15) is 0 Å². The quantitative estimate of drug-likeness (QED) is 0.854. The number of nitrogens with two attached hydrogens (primary N) is 1. The van der Waals surface area contributed by atoms with Crippen LogP contribution in [0.2, 0.25) is 0 Å². The van der Waals surface area contributed by atoms with Gasteiger partial charge in [0.2, 0.25) is 0 Å². The van der Waals surface area contributed by atoms with E-state index in [1.54, 1.807) is 0 Å². The summed E-state index contributed by atoms with van der Waals surface area (Å²) in [5, 5.41) is 0. The lowest BCUT2D eigenvalue weighted by molar-refractivity contribution is 0.521. The maximum absolute atomic E-state index is 5.81. The Morgan fingerprint density at radius 1 is 1.35 bits per heavy atom. The van der Waals surface area contributed by atoms with Crippen molar-refractivity contribution in [1.82, 2.24) is 4.98 Å². The second kappa shape index (κ2) is 5.50. The van der Waals surface area contributed by atoms with E-state index in [4.69, 9.17) is 5.73 Å². The number of hydrogen-bond donors (Lipinski definition) is 1. The standard InChI is InChI=1S/C14H23N3/c1-11-4-3-8-17(9-7-11)13-5-6-14(12(2)15)16-10-13/h5-6,10-12H,3-4,7-9,15H2,1-2H3/t11?,12-/m1/s1. The van der Waals surface area contributed by atoms with Gasteiger partial charge < -0.3 is 10.6 Å². The summed E-state index contributed by atoms with van der Waals surface area (Å²) >= 11 is 0. The highest BCUT2D eigenvalue weighted by Gasteiger charge is 2.14. The minimum absolute atomic E-state index is 0.0215. The van der Waals surface area contributed by atoms with Crippen molar-refractivity contribution in [2.45, 2.75) is 39.2 Å². The van der Waals surface area contributed by atoms with E-state index in [0.29, 0.717) is 0 Å². The number of pyridine rings is 1. The SMILES string of the molecule is CC1CCCN(c2ccc([C@@H](C)N)nc2)CC1. The van der Waals surface area contributed by atoms with Crippen molar-refractivity contribution in [2.75, 3.05) is 18.0 Å². The molecule has 0 saturated carbocycles. The molecular weight excluding hydrogens is 210 g/mol. The van der Waals surface area contributed by atoms with E-state index in [-0.39, 0.29) is 6.04 Å². The summed E-state index contributed by atoms with van der Waals surface area (Å²) in [5.74, 6) is 0.858. The van der Waals surface area contributed by atoms with Crippen LogP contribution in [-0.2, 0) is 0 Å². The van der Waals surface area contributed by atoms with Gasteiger partial charge in [-0.3, -0.25) is 4.98 Å². The van der Waals surface area contributed by atoms with Crippen LogP contribution in [0.25, 0.3) is 0 Å². The predicted octanol–water partition coefficient (Wildman–Crippen LogP) is 2.73. The summed E-state index contributed by atoms with van der Waals surface area (Å²) in [6.45, 7) is 6.63. The van der Waals surface area contributed by atoms with Gasteiger partial charge in [0.05, 0.1) is 17.6 Å². The first-order valence-electron chi connectivity index (χ1n) is 6.63. The summed E-state index contributed by atoms with van der Waals surface area (Å²) < 4.78 is 0. The molecule has 1 unspecified atom stereocenters. The van der Waals surface area contributed by atoms with Gasteiger partial charge in [-0.1, -0.05) is 6.92 Å². The third-order valence-electron chi connectivity index (χ3n) is 3.62. The summed E-state index contributed by atoms with van der Waals surface area (Å²) in [6.07, 6.45) is 5.89. The van der Waals surface area contributed by atoms with Crippen molar-refractivity contribution in [1.29, 1.82) is 0 Å². The highest BCUT2D eigenvalue weighted by atomic mass is 15.1. The van der Waals surface area contributed by atoms with Gasteiger partial charge in [-0.05, 0) is 44.2 Å². The topological polar surface area (TPSA) is 42.1 Å². The van der Waals surface area contributed by atoms with Crippen molar-refractivity contribution in [3.63, 3.8) is 0 Å². The molecule has 0 spiro atoms. The normalized spacial score (nSPS) is 23.2. The van der Waals surface area contributed by atoms with Crippen molar-refractivity contribution in [2.24, 2.45) is 11.7 Å². The Morgan fingerprint density at radius 2 is 2.18 bits per heavy atom. The number of nitrogens with zero attached hydrogens (tertiary/aromatic N) is 2. The summed E-state index contributed by atoms with van der Waals surface area (Å²) in [7, 11) is 0. The Morgan fingerprint density at radius 3 is 2.82 bits per heavy atom. The largest absolute Gasteiger partial charge is 0.370 e. The highest BCUT2D eigenvalue weighted by Crippen LogP contribution is 2.22. The molecule has 2 heterocycles. The second-order valence-corrected chi connectivity index (χ2v) is 5.25. The highest BCUT2D eigenvalue weighted by molar-refractivity contribution is 5.44. The predicted molar refractivity (Wildman–Crippen MR) is 72.1 cm³/mol. The van der Waals surface area contributed by atoms with Crippen molar-refractivity contribution in [3.05, 3.63) is 24.0 Å². The van der Waals surface area contributed by atoms with E-state index in [9.17, 15) is 0 Å². The molecule has 0 amide bonds. The Hall–Kier alpha value is -1.09. The van der Waals surface area contributed by atoms with Gasteiger partial charge in [0, 0.05) is 19.1 Å². The maximum atomic E-state index is 5.81. The molecule has 1 aliphatic rings. The number of aromatic nitrogens is 1. The average Bonchev–Trinajstić information content (AvgIpc) is 2.54. The maximum Gasteiger partial charge on any atom is 0.0569 e. The summed E-state index contributed by atoms with van der Waals surface area (Å²) in [6, 6.07) is 4.23. The van der Waals surface area contributed by atoms with Crippen LogP contribution >= 0.6 is 0 Å². The lowest BCUT2D eigenvalue weighted by atomic mass is 10.0. The van der Waals surface area contributed by atoms with Crippen LogP contribution in [0.15, 0.2) is 18.3 Å². The van der Waals surface area contributed by atoms with Gasteiger partial charge in [-0.2, -0.15) is 0 Å². The van der Waals surface area contributed by atoms with Gasteiger partial charge in [0.25, 0.3) is 0 Å². The van der Waals surface area contributed by atoms with Crippen LogP contribution in [0.3, 0.4) is 0 Å². The Labute approximate surface area is 104 Å². The Kier molecular flexibility index (Phi) is 4.00. The van der Waals surface area contributed by atoms with Crippen LogP contribution in [0, 0.1) is 5.92 Å². The summed E-state index contributed by atoms with van der Waals surface area (Å²) in [5.41, 5.74) is 8.02. The van der Waals surface area contributed by atoms with Crippen LogP contribution in [0.4, 0.5) is 5.69 Å². The second-order valence-electron chi connectivity index (χ2n) is 5.25. The summed E-state index contributed by atoms with van der Waals surface area (Å²) in [4.78, 5) is 6.88. The molecule has 1 aromatic heterocycles. The smallest absolute Gasteiger partial charge is 0.0569 e. The first-order valence-corrected chi connectivity index (χ1v) is 6.63. The molecule has 2 rings (SSSR count). The molecule has 3 heteroatoms. The molecule has 94 valence electrons. The fraction of sp³-hybridized carbons (Fsp3) is 0.643. The van der Waals surface area contributed by atoms with Crippen LogP contribution in [-0.4, -0.2) is 18.1 Å². The molecular formula is C14H23N3. The van der Waals surface area contributed by atoms with E-state index in [0.717, 1.165) is 24.7 Å². The van der Waals surface area contributed by atoms with E-state index in [1.165, 1.54) is 24.9 Å². The lowest BCUT2D eigenvalue weighted by Crippen LogP contribution is -2.24. The first-order chi connectivity index (χ1) is 8.16. The van der Waals surface area contributed by atoms with Crippen molar-refractivity contribution < 1.29 is 0 Å². The van der Waals surface area contributed by atoms with Gasteiger partial charge >= 0.3 is 0 Å². The van der Waals surface area contributed by atoms with Crippen LogP contribution in [0.1, 0.15) is 44.8 Å². The molecule has 1 saturated heterocycles. The number of rotatable bonds is 2. The number of hydrogen-bond acceptors (Lipinski definition) is 3. The van der Waals surface area contributed by atoms with Gasteiger partial charge in [0.15, 0.2) is 0 Å². The zero-order chi connectivity index (χ0) is 12.3. The molecule has 0 radical (unpaired) electrons. The molecule has 17 heavy (non-hydrogen) atoms. The van der Waals surface area contributed by atoms with E-state index >= 15 is 0 Å². The van der Waals surface area contributed by atoms with Crippen LogP contribution in [0.5, 0.6) is 0 Å². The monoisotopic (exact) mass is 233 g/mol. The molecule has 1 aromatic rings. The minimum atomic E-state index is 0.0215. The molecule has 1 aliphatic heterocycles. The molecule has 2 N–H and O–H groups in total. The fourth-order valence-electron chi connectivity index (χ4n) is 2.38. The molecule has 0 bridgehead atoms. The lowest BCUT2D eigenvalue weighted by Gasteiger charge is -2.22. The third-order valence-corrected chi connectivity index (χ3v) is 3.62. The van der Waals surface area contributed by atoms with E-state index in [2.05, 4.69) is 22.9 Å². The third kappa shape index (κ3) is 3.19. The minimum Gasteiger partial charge on any atom is -0.370 e. The van der Waals surface area contributed by atoms with Crippen LogP contribution < -0.4 is 10.6 Å². The molecule has 2 atom stereocenters. The van der Waals surface area contributed by atoms with Gasteiger partial charge in [-0.25, -0.2) is 0 Å². The Balaban J connectivity index is 2.06. The zero-order valence-corrected chi connectivity index (χ0v) is 10.9. The molecule has 1 fully saturated rings. The van der Waals surface area contributed by atoms with Gasteiger partial charge in [-0.15, -0.1) is 0 Å². The molecule has 0 aromatic carbocycles.